The number of amides is 1. The highest BCUT2D eigenvalue weighted by atomic mass is 35.5. The number of halogens is 1. The van der Waals surface area contributed by atoms with Crippen molar-refractivity contribution in [3.8, 4) is 5.75 Å². The minimum absolute atomic E-state index is 0.130. The third-order valence-electron chi connectivity index (χ3n) is 6.29. The maximum atomic E-state index is 13.0. The second kappa shape index (κ2) is 10.1. The van der Waals surface area contributed by atoms with Crippen molar-refractivity contribution in [2.24, 2.45) is 5.10 Å². The molecule has 0 unspecified atom stereocenters. The van der Waals surface area contributed by atoms with Crippen LogP contribution in [0.5, 0.6) is 5.75 Å². The third kappa shape index (κ3) is 4.44. The summed E-state index contributed by atoms with van der Waals surface area (Å²) in [6.45, 7) is 0. The van der Waals surface area contributed by atoms with Crippen LogP contribution in [0.2, 0.25) is 5.02 Å². The number of thiophene rings is 1. The molecule has 1 aromatic heterocycles. The highest BCUT2D eigenvalue weighted by molar-refractivity contribution is 7.21. The van der Waals surface area contributed by atoms with Gasteiger partial charge in [0.2, 0.25) is 0 Å². The lowest BCUT2D eigenvalue weighted by atomic mass is 9.82. The number of para-hydroxylation sites is 1. The normalized spacial score (nSPS) is 15.0. The predicted molar refractivity (Wildman–Crippen MR) is 152 cm³/mol. The topological polar surface area (TPSA) is 50.7 Å². The van der Waals surface area contributed by atoms with Gasteiger partial charge in [0.1, 0.15) is 16.4 Å². The van der Waals surface area contributed by atoms with Crippen LogP contribution < -0.4 is 10.2 Å². The fourth-order valence-corrected chi connectivity index (χ4v) is 6.01. The largest absolute Gasteiger partial charge is 0.456 e. The number of hydrogen-bond donors (Lipinski definition) is 1. The molecule has 0 aliphatic carbocycles. The van der Waals surface area contributed by atoms with E-state index in [0.29, 0.717) is 15.7 Å². The summed E-state index contributed by atoms with van der Waals surface area (Å²) in [6, 6.07) is 35.9. The lowest BCUT2D eigenvalue weighted by Gasteiger charge is -2.29. The van der Waals surface area contributed by atoms with E-state index in [9.17, 15) is 4.79 Å². The van der Waals surface area contributed by atoms with E-state index >= 15 is 0 Å². The molecule has 4 nitrogen and oxygen atoms in total. The summed E-state index contributed by atoms with van der Waals surface area (Å²) in [5, 5.41) is 5.69. The molecule has 1 atom stereocenters. The molecule has 6 heteroatoms. The van der Waals surface area contributed by atoms with Crippen LogP contribution in [0.1, 0.15) is 32.3 Å². The molecule has 5 aromatic rings. The van der Waals surface area contributed by atoms with Crippen molar-refractivity contribution >= 4 is 50.9 Å². The van der Waals surface area contributed by atoms with Gasteiger partial charge in [0.25, 0.3) is 5.91 Å². The molecule has 180 valence electrons. The standard InChI is InChI=1S/C31H21ClN2O2S/c32-28-23-16-8-10-18-26(23)37-30(28)31(35)34-33-19-24-27(20-11-3-1-4-12-20)22-15-7-9-17-25(22)36-29(24)21-13-5-2-6-14-21/h1-19,27H,(H,34,35)/t27-/m0/s1. The second-order valence-corrected chi connectivity index (χ2v) is 10.0. The molecule has 2 heterocycles. The molecule has 0 fully saturated rings. The van der Waals surface area contributed by atoms with Crippen molar-refractivity contribution in [2.75, 3.05) is 0 Å². The minimum Gasteiger partial charge on any atom is -0.456 e. The number of hydrogen-bond acceptors (Lipinski definition) is 4. The number of fused-ring (bicyclic) bond motifs is 2. The van der Waals surface area contributed by atoms with Gasteiger partial charge in [-0.05, 0) is 17.7 Å². The fraction of sp³-hybridized carbons (Fsp3) is 0.0323. The molecule has 0 radical (unpaired) electrons. The number of rotatable bonds is 5. The molecular formula is C31H21ClN2O2S. The summed E-state index contributed by atoms with van der Waals surface area (Å²) >= 11 is 7.86. The van der Waals surface area contributed by atoms with E-state index in [1.54, 1.807) is 6.21 Å². The zero-order valence-corrected chi connectivity index (χ0v) is 21.2. The number of carbonyl (C=O) groups excluding carboxylic acids is 1. The highest BCUT2D eigenvalue weighted by Crippen LogP contribution is 2.45. The van der Waals surface area contributed by atoms with Crippen LogP contribution in [0.15, 0.2) is 120 Å². The van der Waals surface area contributed by atoms with Crippen molar-refractivity contribution in [1.29, 1.82) is 0 Å². The molecule has 1 amide bonds. The fourth-order valence-electron chi connectivity index (χ4n) is 4.60. The van der Waals surface area contributed by atoms with E-state index in [1.807, 2.05) is 91.0 Å². The van der Waals surface area contributed by atoms with Gasteiger partial charge in [0.05, 0.1) is 11.2 Å². The van der Waals surface area contributed by atoms with Crippen molar-refractivity contribution in [3.63, 3.8) is 0 Å². The number of carbonyl (C=O) groups is 1. The SMILES string of the molecule is O=C(NN=CC1=C(c2ccccc2)Oc2ccccc2[C@@H]1c1ccccc1)c1sc2ccccc2c1Cl. The lowest BCUT2D eigenvalue weighted by molar-refractivity contribution is 0.0959. The Morgan fingerprint density at radius 3 is 2.32 bits per heavy atom. The van der Waals surface area contributed by atoms with Crippen LogP contribution in [-0.4, -0.2) is 12.1 Å². The van der Waals surface area contributed by atoms with Gasteiger partial charge < -0.3 is 4.74 Å². The first-order valence-electron chi connectivity index (χ1n) is 11.8. The smallest absolute Gasteiger partial charge is 0.283 e. The predicted octanol–water partition coefficient (Wildman–Crippen LogP) is 7.91. The molecule has 37 heavy (non-hydrogen) atoms. The van der Waals surface area contributed by atoms with Gasteiger partial charge in [-0.2, -0.15) is 5.10 Å². The summed E-state index contributed by atoms with van der Waals surface area (Å²) in [6.07, 6.45) is 1.69. The third-order valence-corrected chi connectivity index (χ3v) is 7.97. The Labute approximate surface area is 223 Å². The monoisotopic (exact) mass is 520 g/mol. The Balaban J connectivity index is 1.42. The first-order chi connectivity index (χ1) is 18.2. The Hall–Kier alpha value is -4.19. The van der Waals surface area contributed by atoms with Crippen LogP contribution in [0.25, 0.3) is 15.8 Å². The van der Waals surface area contributed by atoms with Crippen LogP contribution in [0.3, 0.4) is 0 Å². The lowest BCUT2D eigenvalue weighted by Crippen LogP contribution is -2.20. The zero-order chi connectivity index (χ0) is 25.2. The summed E-state index contributed by atoms with van der Waals surface area (Å²) in [5.74, 6) is 1.02. The first kappa shape index (κ1) is 23.2. The molecule has 0 spiro atoms. The highest BCUT2D eigenvalue weighted by Gasteiger charge is 2.31. The van der Waals surface area contributed by atoms with Crippen molar-refractivity contribution in [2.45, 2.75) is 5.92 Å². The van der Waals surface area contributed by atoms with Crippen LogP contribution in [0.4, 0.5) is 0 Å². The molecule has 6 rings (SSSR count). The molecular weight excluding hydrogens is 500 g/mol. The van der Waals surface area contributed by atoms with Gasteiger partial charge in [-0.3, -0.25) is 4.79 Å². The molecule has 1 aliphatic heterocycles. The number of nitrogens with one attached hydrogen (secondary N) is 1. The Kier molecular flexibility index (Phi) is 6.31. The number of allylic oxidation sites excluding steroid dienone is 1. The molecule has 0 bridgehead atoms. The van der Waals surface area contributed by atoms with Gasteiger partial charge in [-0.1, -0.05) is 109 Å². The average Bonchev–Trinajstić information content (AvgIpc) is 3.30. The van der Waals surface area contributed by atoms with Crippen molar-refractivity contribution in [1.82, 2.24) is 5.43 Å². The second-order valence-electron chi connectivity index (χ2n) is 8.57. The van der Waals surface area contributed by atoms with Crippen LogP contribution >= 0.6 is 22.9 Å². The van der Waals surface area contributed by atoms with Gasteiger partial charge in [0, 0.05) is 32.7 Å². The Bertz CT molecular complexity index is 1660. The van der Waals surface area contributed by atoms with Crippen molar-refractivity contribution < 1.29 is 9.53 Å². The molecule has 1 aliphatic rings. The van der Waals surface area contributed by atoms with E-state index in [-0.39, 0.29) is 11.8 Å². The van der Waals surface area contributed by atoms with Crippen LogP contribution in [0, 0.1) is 0 Å². The average molecular weight is 521 g/mol. The quantitative estimate of drug-likeness (QED) is 0.189. The summed E-state index contributed by atoms with van der Waals surface area (Å²) in [5.41, 5.74) is 6.60. The number of nitrogens with zero attached hydrogens (tertiary/aromatic N) is 1. The Morgan fingerprint density at radius 2 is 1.54 bits per heavy atom. The summed E-state index contributed by atoms with van der Waals surface area (Å²) in [7, 11) is 0. The molecule has 0 saturated heterocycles. The number of ether oxygens (including phenoxy) is 1. The molecule has 4 aromatic carbocycles. The van der Waals surface area contributed by atoms with E-state index in [1.165, 1.54) is 11.3 Å². The van der Waals surface area contributed by atoms with Gasteiger partial charge in [-0.25, -0.2) is 5.43 Å². The minimum atomic E-state index is -0.349. The van der Waals surface area contributed by atoms with E-state index in [2.05, 4.69) is 28.7 Å². The van der Waals surface area contributed by atoms with E-state index in [0.717, 1.165) is 38.1 Å². The number of hydrazone groups is 1. The van der Waals surface area contributed by atoms with Crippen molar-refractivity contribution in [3.05, 3.63) is 141 Å². The van der Waals surface area contributed by atoms with Gasteiger partial charge in [-0.15, -0.1) is 11.3 Å². The Morgan fingerprint density at radius 1 is 0.865 bits per heavy atom. The zero-order valence-electron chi connectivity index (χ0n) is 19.6. The maximum absolute atomic E-state index is 13.0. The summed E-state index contributed by atoms with van der Waals surface area (Å²) in [4.78, 5) is 13.5. The summed E-state index contributed by atoms with van der Waals surface area (Å²) < 4.78 is 7.40. The van der Waals surface area contributed by atoms with E-state index < -0.39 is 0 Å². The molecule has 1 N–H and O–H groups in total. The maximum Gasteiger partial charge on any atom is 0.283 e. The van der Waals surface area contributed by atoms with Gasteiger partial charge >= 0.3 is 0 Å². The van der Waals surface area contributed by atoms with E-state index in [4.69, 9.17) is 16.3 Å². The number of benzene rings is 4. The first-order valence-corrected chi connectivity index (χ1v) is 13.0. The van der Waals surface area contributed by atoms with Gasteiger partial charge in [0.15, 0.2) is 0 Å². The molecule has 0 saturated carbocycles. The van der Waals surface area contributed by atoms with Crippen LogP contribution in [-0.2, 0) is 0 Å².